The molecule has 0 bridgehead atoms. The normalized spacial score (nSPS) is 12.8. The Labute approximate surface area is 137 Å². The zero-order valence-electron chi connectivity index (χ0n) is 12.6. The van der Waals surface area contributed by atoms with Crippen LogP contribution in [0.15, 0.2) is 42.5 Å². The molecule has 1 N–H and O–H groups in total. The Bertz CT molecular complexity index is 719. The Morgan fingerprint density at radius 2 is 1.79 bits per heavy atom. The van der Waals surface area contributed by atoms with Gasteiger partial charge in [0.2, 0.25) is 5.91 Å². The molecule has 0 spiro atoms. The van der Waals surface area contributed by atoms with Gasteiger partial charge >= 0.3 is 6.61 Å². The van der Waals surface area contributed by atoms with Crippen molar-refractivity contribution in [1.82, 2.24) is 0 Å². The zero-order valence-corrected chi connectivity index (χ0v) is 12.6. The Hall–Kier alpha value is -2.83. The average Bonchev–Trinajstić information content (AvgIpc) is 2.56. The summed E-state index contributed by atoms with van der Waals surface area (Å²) in [6.45, 7) is -1.89. The van der Waals surface area contributed by atoms with Crippen LogP contribution in [0.5, 0.6) is 17.2 Å². The summed E-state index contributed by atoms with van der Waals surface area (Å²) >= 11 is 0. The second-order valence-corrected chi connectivity index (χ2v) is 5.11. The van der Waals surface area contributed by atoms with Gasteiger partial charge < -0.3 is 19.5 Å². The van der Waals surface area contributed by atoms with Gasteiger partial charge in [-0.3, -0.25) is 4.79 Å². The number of amides is 1. The van der Waals surface area contributed by atoms with Crippen molar-refractivity contribution in [3.8, 4) is 17.2 Å². The lowest BCUT2D eigenvalue weighted by Crippen LogP contribution is -2.17. The van der Waals surface area contributed by atoms with Gasteiger partial charge in [-0.1, -0.05) is 12.1 Å². The van der Waals surface area contributed by atoms with Gasteiger partial charge in [0.1, 0.15) is 19.0 Å². The Kier molecular flexibility index (Phi) is 4.79. The van der Waals surface area contributed by atoms with Crippen molar-refractivity contribution >= 4 is 11.6 Å². The van der Waals surface area contributed by atoms with Crippen LogP contribution in [0.25, 0.3) is 0 Å². The van der Waals surface area contributed by atoms with Crippen LogP contribution in [-0.2, 0) is 11.2 Å². The van der Waals surface area contributed by atoms with Crippen LogP contribution in [0.2, 0.25) is 0 Å². The molecule has 0 radical (unpaired) electrons. The summed E-state index contributed by atoms with van der Waals surface area (Å²) in [5.74, 6) is 1.07. The number of fused-ring (bicyclic) bond motifs is 1. The number of alkyl halides is 2. The fourth-order valence-corrected chi connectivity index (χ4v) is 2.30. The quantitative estimate of drug-likeness (QED) is 0.911. The van der Waals surface area contributed by atoms with E-state index in [1.54, 1.807) is 30.3 Å². The summed E-state index contributed by atoms with van der Waals surface area (Å²) in [7, 11) is 0. The van der Waals surface area contributed by atoms with Gasteiger partial charge in [-0.05, 0) is 29.8 Å². The summed E-state index contributed by atoms with van der Waals surface area (Å²) < 4.78 is 39.3. The molecule has 2 aromatic carbocycles. The predicted octanol–water partition coefficient (Wildman–Crippen LogP) is 3.24. The topological polar surface area (TPSA) is 56.8 Å². The molecule has 3 rings (SSSR count). The minimum atomic E-state index is -2.87. The molecule has 0 saturated heterocycles. The highest BCUT2D eigenvalue weighted by Crippen LogP contribution is 2.32. The van der Waals surface area contributed by atoms with E-state index in [0.717, 1.165) is 0 Å². The molecule has 0 aliphatic carbocycles. The molecule has 126 valence electrons. The molecule has 1 aliphatic rings. The van der Waals surface area contributed by atoms with Crippen molar-refractivity contribution in [3.63, 3.8) is 0 Å². The van der Waals surface area contributed by atoms with E-state index in [1.165, 1.54) is 12.1 Å². The van der Waals surface area contributed by atoms with Gasteiger partial charge in [0, 0.05) is 11.8 Å². The Morgan fingerprint density at radius 1 is 1.08 bits per heavy atom. The van der Waals surface area contributed by atoms with E-state index in [1.807, 2.05) is 0 Å². The number of hydrogen-bond acceptors (Lipinski definition) is 4. The molecule has 1 aliphatic heterocycles. The molecule has 24 heavy (non-hydrogen) atoms. The molecule has 0 unspecified atom stereocenters. The number of hydrogen-bond donors (Lipinski definition) is 1. The molecule has 1 heterocycles. The highest BCUT2D eigenvalue weighted by molar-refractivity contribution is 5.92. The molecule has 2 aromatic rings. The molecular formula is C17H15F2NO4. The molecule has 0 saturated carbocycles. The SMILES string of the molecule is O=C(Cc1ccc(OC(F)F)cc1)Nc1ccc2c(c1)OCCO2. The lowest BCUT2D eigenvalue weighted by atomic mass is 10.1. The van der Waals surface area contributed by atoms with Gasteiger partial charge in [0.05, 0.1) is 6.42 Å². The van der Waals surface area contributed by atoms with Crippen LogP contribution >= 0.6 is 0 Å². The van der Waals surface area contributed by atoms with Crippen molar-refractivity contribution < 1.29 is 27.8 Å². The van der Waals surface area contributed by atoms with Crippen molar-refractivity contribution in [3.05, 3.63) is 48.0 Å². The summed E-state index contributed by atoms with van der Waals surface area (Å²) in [6.07, 6.45) is 0.114. The molecule has 0 fully saturated rings. The van der Waals surface area contributed by atoms with Crippen LogP contribution < -0.4 is 19.5 Å². The minimum Gasteiger partial charge on any atom is -0.486 e. The number of anilines is 1. The largest absolute Gasteiger partial charge is 0.486 e. The fraction of sp³-hybridized carbons (Fsp3) is 0.235. The molecule has 0 aromatic heterocycles. The van der Waals surface area contributed by atoms with Crippen LogP contribution in [0.3, 0.4) is 0 Å². The van der Waals surface area contributed by atoms with E-state index in [-0.39, 0.29) is 18.1 Å². The molecule has 0 atom stereocenters. The number of rotatable bonds is 5. The van der Waals surface area contributed by atoms with Gasteiger partial charge in [0.15, 0.2) is 11.5 Å². The minimum absolute atomic E-state index is 0.0565. The highest BCUT2D eigenvalue weighted by Gasteiger charge is 2.13. The number of ether oxygens (including phenoxy) is 3. The van der Waals surface area contributed by atoms with E-state index in [9.17, 15) is 13.6 Å². The van der Waals surface area contributed by atoms with Crippen molar-refractivity contribution in [2.24, 2.45) is 0 Å². The second-order valence-electron chi connectivity index (χ2n) is 5.11. The predicted molar refractivity (Wildman–Crippen MR) is 82.8 cm³/mol. The van der Waals surface area contributed by atoms with Crippen LogP contribution in [-0.4, -0.2) is 25.7 Å². The van der Waals surface area contributed by atoms with E-state index in [4.69, 9.17) is 9.47 Å². The molecular weight excluding hydrogens is 320 g/mol. The fourth-order valence-electron chi connectivity index (χ4n) is 2.30. The van der Waals surface area contributed by atoms with Gasteiger partial charge in [-0.2, -0.15) is 8.78 Å². The monoisotopic (exact) mass is 335 g/mol. The number of nitrogens with one attached hydrogen (secondary N) is 1. The van der Waals surface area contributed by atoms with E-state index < -0.39 is 6.61 Å². The molecule has 7 heteroatoms. The van der Waals surface area contributed by atoms with Crippen LogP contribution in [0, 0.1) is 0 Å². The summed E-state index contributed by atoms with van der Waals surface area (Å²) in [4.78, 5) is 12.1. The number of halogens is 2. The van der Waals surface area contributed by atoms with Crippen molar-refractivity contribution in [2.75, 3.05) is 18.5 Å². The zero-order chi connectivity index (χ0) is 16.9. The van der Waals surface area contributed by atoms with Gasteiger partial charge in [-0.25, -0.2) is 0 Å². The summed E-state index contributed by atoms with van der Waals surface area (Å²) in [5, 5.41) is 2.76. The third-order valence-electron chi connectivity index (χ3n) is 3.34. The van der Waals surface area contributed by atoms with E-state index >= 15 is 0 Å². The molecule has 5 nitrogen and oxygen atoms in total. The lowest BCUT2D eigenvalue weighted by molar-refractivity contribution is -0.115. The highest BCUT2D eigenvalue weighted by atomic mass is 19.3. The Balaban J connectivity index is 1.59. The third kappa shape index (κ3) is 4.13. The lowest BCUT2D eigenvalue weighted by Gasteiger charge is -2.19. The second kappa shape index (κ2) is 7.16. The number of carbonyl (C=O) groups is 1. The van der Waals surface area contributed by atoms with Crippen molar-refractivity contribution in [1.29, 1.82) is 0 Å². The third-order valence-corrected chi connectivity index (χ3v) is 3.34. The first-order valence-corrected chi connectivity index (χ1v) is 7.33. The maximum Gasteiger partial charge on any atom is 0.387 e. The number of carbonyl (C=O) groups excluding carboxylic acids is 1. The first kappa shape index (κ1) is 16.0. The molecule has 1 amide bonds. The van der Waals surface area contributed by atoms with E-state index in [0.29, 0.717) is 36.0 Å². The smallest absolute Gasteiger partial charge is 0.387 e. The standard InChI is InChI=1S/C17H15F2NO4/c18-17(19)24-13-4-1-11(2-5-13)9-16(21)20-12-3-6-14-15(10-12)23-8-7-22-14/h1-6,10,17H,7-9H2,(H,20,21). The van der Waals surface area contributed by atoms with Crippen LogP contribution in [0.4, 0.5) is 14.5 Å². The van der Waals surface area contributed by atoms with Gasteiger partial charge in [-0.15, -0.1) is 0 Å². The first-order valence-electron chi connectivity index (χ1n) is 7.33. The first-order chi connectivity index (χ1) is 11.6. The maximum absolute atomic E-state index is 12.1. The van der Waals surface area contributed by atoms with Crippen molar-refractivity contribution in [2.45, 2.75) is 13.0 Å². The average molecular weight is 335 g/mol. The number of benzene rings is 2. The maximum atomic E-state index is 12.1. The summed E-state index contributed by atoms with van der Waals surface area (Å²) in [6, 6.07) is 11.1. The van der Waals surface area contributed by atoms with Gasteiger partial charge in [0.25, 0.3) is 0 Å². The van der Waals surface area contributed by atoms with E-state index in [2.05, 4.69) is 10.1 Å². The Morgan fingerprint density at radius 3 is 2.50 bits per heavy atom. The summed E-state index contributed by atoms with van der Waals surface area (Å²) in [5.41, 5.74) is 1.29. The van der Waals surface area contributed by atoms with Crippen LogP contribution in [0.1, 0.15) is 5.56 Å².